The second kappa shape index (κ2) is 7.21. The number of nitrogens with one attached hydrogen (secondary N) is 1. The first-order valence-electron chi connectivity index (χ1n) is 6.59. The topological polar surface area (TPSA) is 78.6 Å². The minimum Gasteiger partial charge on any atom is -0.397 e. The summed E-state index contributed by atoms with van der Waals surface area (Å²) in [6.45, 7) is 6.04. The Hall–Kier alpha value is -1.66. The van der Waals surface area contributed by atoms with Crippen molar-refractivity contribution in [3.05, 3.63) is 24.0 Å². The van der Waals surface area contributed by atoms with Crippen LogP contribution in [-0.2, 0) is 4.79 Å². The van der Waals surface area contributed by atoms with Gasteiger partial charge in [0.25, 0.3) is 0 Å². The van der Waals surface area contributed by atoms with Gasteiger partial charge in [-0.05, 0) is 39.0 Å². The number of nitrogens with two attached hydrogens (primary N) is 1. The highest BCUT2D eigenvalue weighted by Gasteiger charge is 2.23. The quantitative estimate of drug-likeness (QED) is 0.690. The maximum atomic E-state index is 12.9. The van der Waals surface area contributed by atoms with Gasteiger partial charge in [0.05, 0.1) is 24.0 Å². The molecule has 0 fully saturated rings. The van der Waals surface area contributed by atoms with Gasteiger partial charge in [-0.2, -0.15) is 0 Å². The lowest BCUT2D eigenvalue weighted by atomic mass is 10.2. The third-order valence-electron chi connectivity index (χ3n) is 3.17. The Morgan fingerprint density at radius 3 is 2.60 bits per heavy atom. The van der Waals surface area contributed by atoms with E-state index >= 15 is 0 Å². The summed E-state index contributed by atoms with van der Waals surface area (Å²) in [6.07, 6.45) is 0. The fourth-order valence-corrected chi connectivity index (χ4v) is 2.05. The summed E-state index contributed by atoms with van der Waals surface area (Å²) >= 11 is 0. The van der Waals surface area contributed by atoms with Crippen molar-refractivity contribution in [1.82, 2.24) is 4.90 Å². The normalized spacial score (nSPS) is 12.8. The van der Waals surface area contributed by atoms with Crippen LogP contribution in [0, 0.1) is 5.82 Å². The smallest absolute Gasteiger partial charge is 0.241 e. The van der Waals surface area contributed by atoms with Crippen LogP contribution in [0.25, 0.3) is 0 Å². The van der Waals surface area contributed by atoms with Gasteiger partial charge < -0.3 is 16.2 Å². The van der Waals surface area contributed by atoms with E-state index in [-0.39, 0.29) is 24.2 Å². The molecular weight excluding hydrogens is 261 g/mol. The van der Waals surface area contributed by atoms with Gasteiger partial charge in [-0.15, -0.1) is 0 Å². The molecule has 1 aromatic rings. The van der Waals surface area contributed by atoms with Gasteiger partial charge in [0.2, 0.25) is 5.91 Å². The first-order valence-corrected chi connectivity index (χ1v) is 6.59. The number of nitrogen functional groups attached to an aromatic ring is 1. The second-order valence-corrected chi connectivity index (χ2v) is 4.95. The Kier molecular flexibility index (Phi) is 5.91. The van der Waals surface area contributed by atoms with Crippen LogP contribution in [0.15, 0.2) is 18.2 Å². The molecule has 20 heavy (non-hydrogen) atoms. The van der Waals surface area contributed by atoms with Crippen molar-refractivity contribution >= 4 is 17.3 Å². The molecule has 0 heterocycles. The zero-order chi connectivity index (χ0) is 15.3. The number of halogens is 1. The van der Waals surface area contributed by atoms with Gasteiger partial charge in [-0.1, -0.05) is 0 Å². The Morgan fingerprint density at radius 2 is 2.10 bits per heavy atom. The van der Waals surface area contributed by atoms with Crippen LogP contribution >= 0.6 is 0 Å². The summed E-state index contributed by atoms with van der Waals surface area (Å²) in [5.41, 5.74) is 6.23. The monoisotopic (exact) mass is 283 g/mol. The van der Waals surface area contributed by atoms with Crippen LogP contribution < -0.4 is 11.1 Å². The van der Waals surface area contributed by atoms with Crippen LogP contribution in [0.4, 0.5) is 15.8 Å². The van der Waals surface area contributed by atoms with Crippen molar-refractivity contribution in [2.75, 3.05) is 24.2 Å². The molecule has 1 unspecified atom stereocenters. The first-order chi connectivity index (χ1) is 9.36. The lowest BCUT2D eigenvalue weighted by Crippen LogP contribution is -2.47. The molecule has 0 aliphatic rings. The molecule has 1 rings (SSSR count). The third-order valence-corrected chi connectivity index (χ3v) is 3.17. The van der Waals surface area contributed by atoms with E-state index in [0.29, 0.717) is 12.2 Å². The maximum Gasteiger partial charge on any atom is 0.241 e. The van der Waals surface area contributed by atoms with Crippen molar-refractivity contribution < 1.29 is 14.3 Å². The Morgan fingerprint density at radius 1 is 1.45 bits per heavy atom. The molecule has 0 radical (unpaired) electrons. The lowest BCUT2D eigenvalue weighted by Gasteiger charge is -2.31. The van der Waals surface area contributed by atoms with Crippen LogP contribution in [0.5, 0.6) is 0 Å². The van der Waals surface area contributed by atoms with Gasteiger partial charge in [0.1, 0.15) is 5.82 Å². The largest absolute Gasteiger partial charge is 0.397 e. The molecule has 0 bridgehead atoms. The summed E-state index contributed by atoms with van der Waals surface area (Å²) in [7, 11) is 0. The predicted molar refractivity (Wildman–Crippen MR) is 77.8 cm³/mol. The number of aliphatic hydroxyl groups is 1. The lowest BCUT2D eigenvalue weighted by molar-refractivity contribution is -0.121. The average Bonchev–Trinajstić information content (AvgIpc) is 2.38. The van der Waals surface area contributed by atoms with E-state index in [1.54, 1.807) is 6.92 Å². The van der Waals surface area contributed by atoms with E-state index in [1.165, 1.54) is 12.1 Å². The first kappa shape index (κ1) is 16.4. The Balaban J connectivity index is 2.78. The van der Waals surface area contributed by atoms with Gasteiger partial charge in [-0.25, -0.2) is 4.39 Å². The molecule has 4 N–H and O–H groups in total. The van der Waals surface area contributed by atoms with Crippen molar-refractivity contribution in [3.8, 4) is 0 Å². The number of benzene rings is 1. The number of hydrogen-bond donors (Lipinski definition) is 3. The molecular formula is C14H22FN3O2. The standard InChI is InChI=1S/C14H22FN3O2/c1-9(2)18(6-7-19)10(3)14(20)17-13-5-4-11(15)8-12(13)16/h4-5,8-10,19H,6-7,16H2,1-3H3,(H,17,20). The van der Waals surface area contributed by atoms with Crippen molar-refractivity contribution in [3.63, 3.8) is 0 Å². The fourth-order valence-electron chi connectivity index (χ4n) is 2.05. The summed E-state index contributed by atoms with van der Waals surface area (Å²) in [5, 5.41) is 11.7. The maximum absolute atomic E-state index is 12.9. The third kappa shape index (κ3) is 4.18. The molecule has 1 aromatic carbocycles. The molecule has 0 saturated heterocycles. The highest BCUT2D eigenvalue weighted by molar-refractivity contribution is 5.97. The molecule has 6 heteroatoms. The molecule has 0 saturated carbocycles. The highest BCUT2D eigenvalue weighted by Crippen LogP contribution is 2.20. The van der Waals surface area contributed by atoms with Crippen LogP contribution in [0.2, 0.25) is 0 Å². The number of nitrogens with zero attached hydrogens (tertiary/aromatic N) is 1. The van der Waals surface area contributed by atoms with Gasteiger partial charge >= 0.3 is 0 Å². The summed E-state index contributed by atoms with van der Waals surface area (Å²) in [6, 6.07) is 3.53. The molecule has 1 atom stereocenters. The number of carbonyl (C=O) groups excluding carboxylic acids is 1. The molecule has 5 nitrogen and oxygen atoms in total. The van der Waals surface area contributed by atoms with Crippen LogP contribution in [0.3, 0.4) is 0 Å². The molecule has 0 spiro atoms. The fraction of sp³-hybridized carbons (Fsp3) is 0.500. The van der Waals surface area contributed by atoms with Crippen molar-refractivity contribution in [1.29, 1.82) is 0 Å². The number of aliphatic hydroxyl groups excluding tert-OH is 1. The number of anilines is 2. The summed E-state index contributed by atoms with van der Waals surface area (Å²) in [5.74, 6) is -0.692. The van der Waals surface area contributed by atoms with E-state index in [9.17, 15) is 9.18 Å². The number of rotatable bonds is 6. The SMILES string of the molecule is CC(C)N(CCO)C(C)C(=O)Nc1ccc(F)cc1N. The highest BCUT2D eigenvalue weighted by atomic mass is 19.1. The molecule has 0 aromatic heterocycles. The summed E-state index contributed by atoms with van der Waals surface area (Å²) < 4.78 is 12.9. The zero-order valence-electron chi connectivity index (χ0n) is 12.1. The van der Waals surface area contributed by atoms with Crippen molar-refractivity contribution in [2.45, 2.75) is 32.9 Å². The summed E-state index contributed by atoms with van der Waals surface area (Å²) in [4.78, 5) is 14.1. The number of carbonyl (C=O) groups is 1. The predicted octanol–water partition coefficient (Wildman–Crippen LogP) is 1.44. The van der Waals surface area contributed by atoms with E-state index in [0.717, 1.165) is 6.07 Å². The molecule has 112 valence electrons. The minimum absolute atomic E-state index is 0.0194. The second-order valence-electron chi connectivity index (χ2n) is 4.95. The number of hydrogen-bond acceptors (Lipinski definition) is 4. The zero-order valence-corrected chi connectivity index (χ0v) is 12.1. The molecule has 0 aliphatic carbocycles. The van der Waals surface area contributed by atoms with E-state index in [4.69, 9.17) is 10.8 Å². The molecule has 0 aliphatic heterocycles. The number of amides is 1. The van der Waals surface area contributed by atoms with E-state index in [1.807, 2.05) is 18.7 Å². The Labute approximate surface area is 118 Å². The van der Waals surface area contributed by atoms with Crippen LogP contribution in [0.1, 0.15) is 20.8 Å². The average molecular weight is 283 g/mol. The van der Waals surface area contributed by atoms with E-state index < -0.39 is 11.9 Å². The molecule has 1 amide bonds. The van der Waals surface area contributed by atoms with Gasteiger partial charge in [0, 0.05) is 12.6 Å². The minimum atomic E-state index is -0.447. The van der Waals surface area contributed by atoms with Crippen LogP contribution in [-0.4, -0.2) is 41.1 Å². The van der Waals surface area contributed by atoms with Crippen molar-refractivity contribution in [2.24, 2.45) is 0 Å². The Bertz CT molecular complexity index is 466. The van der Waals surface area contributed by atoms with E-state index in [2.05, 4.69) is 5.32 Å². The van der Waals surface area contributed by atoms with Gasteiger partial charge in [0.15, 0.2) is 0 Å². The van der Waals surface area contributed by atoms with Gasteiger partial charge in [-0.3, -0.25) is 9.69 Å².